The van der Waals surface area contributed by atoms with Gasteiger partial charge in [-0.2, -0.15) is 0 Å². The topological polar surface area (TPSA) is 69.6 Å². The first-order chi connectivity index (χ1) is 11.9. The van der Waals surface area contributed by atoms with E-state index in [4.69, 9.17) is 0 Å². The summed E-state index contributed by atoms with van der Waals surface area (Å²) in [6.45, 7) is 6.50. The van der Waals surface area contributed by atoms with Crippen molar-refractivity contribution in [2.45, 2.75) is 71.0 Å². The van der Waals surface area contributed by atoms with E-state index in [1.54, 1.807) is 4.90 Å². The van der Waals surface area contributed by atoms with E-state index in [0.29, 0.717) is 25.3 Å². The standard InChI is InChI=1S/C20H30N2O3/c1-4-16-10-12-20(13-11-16,18(23)24)21-19(25)22(15(2)3)14-17-8-6-5-7-9-17/h5-9,15-16H,4,10-14H2,1-3H3,(H,21,25)(H,23,24). The van der Waals surface area contributed by atoms with Crippen LogP contribution < -0.4 is 5.32 Å². The van der Waals surface area contributed by atoms with Crippen LogP contribution in [0.5, 0.6) is 0 Å². The number of aliphatic carboxylic acids is 1. The zero-order chi connectivity index (χ0) is 18.4. The Morgan fingerprint density at radius 1 is 1.24 bits per heavy atom. The molecule has 1 aliphatic rings. The fourth-order valence-corrected chi connectivity index (χ4v) is 3.52. The fraction of sp³-hybridized carbons (Fsp3) is 0.600. The molecule has 1 saturated carbocycles. The molecule has 1 aliphatic carbocycles. The molecule has 1 fully saturated rings. The molecule has 0 heterocycles. The van der Waals surface area contributed by atoms with Crippen LogP contribution in [0.1, 0.15) is 58.4 Å². The van der Waals surface area contributed by atoms with E-state index in [1.165, 1.54) is 0 Å². The van der Waals surface area contributed by atoms with E-state index in [1.807, 2.05) is 44.2 Å². The highest BCUT2D eigenvalue weighted by atomic mass is 16.4. The number of carbonyl (C=O) groups is 2. The molecule has 0 spiro atoms. The van der Waals surface area contributed by atoms with Crippen molar-refractivity contribution >= 4 is 12.0 Å². The lowest BCUT2D eigenvalue weighted by Gasteiger charge is -2.39. The number of hydrogen-bond donors (Lipinski definition) is 2. The van der Waals surface area contributed by atoms with E-state index < -0.39 is 11.5 Å². The van der Waals surface area contributed by atoms with Gasteiger partial charge in [0.05, 0.1) is 0 Å². The maximum Gasteiger partial charge on any atom is 0.329 e. The largest absolute Gasteiger partial charge is 0.480 e. The van der Waals surface area contributed by atoms with Gasteiger partial charge in [0.2, 0.25) is 0 Å². The highest BCUT2D eigenvalue weighted by Gasteiger charge is 2.43. The summed E-state index contributed by atoms with van der Waals surface area (Å²) in [5.74, 6) is -0.353. The van der Waals surface area contributed by atoms with Crippen LogP contribution in [-0.4, -0.2) is 33.6 Å². The molecule has 0 bridgehead atoms. The molecular formula is C20H30N2O3. The lowest BCUT2D eigenvalue weighted by molar-refractivity contribution is -0.146. The lowest BCUT2D eigenvalue weighted by atomic mass is 9.75. The summed E-state index contributed by atoms with van der Waals surface area (Å²) < 4.78 is 0. The molecule has 1 aromatic rings. The Morgan fingerprint density at radius 3 is 2.32 bits per heavy atom. The number of carboxylic acid groups (broad SMARTS) is 1. The van der Waals surface area contributed by atoms with Gasteiger partial charge in [-0.3, -0.25) is 0 Å². The highest BCUT2D eigenvalue weighted by Crippen LogP contribution is 2.34. The van der Waals surface area contributed by atoms with Crippen molar-refractivity contribution in [3.8, 4) is 0 Å². The summed E-state index contributed by atoms with van der Waals surface area (Å²) in [6, 6.07) is 9.46. The molecule has 1 aromatic carbocycles. The SMILES string of the molecule is CCC1CCC(NC(=O)N(Cc2ccccc2)C(C)C)(C(=O)O)CC1. The Labute approximate surface area is 150 Å². The van der Waals surface area contributed by atoms with E-state index >= 15 is 0 Å². The Kier molecular flexibility index (Phi) is 6.45. The average molecular weight is 346 g/mol. The number of benzene rings is 1. The maximum atomic E-state index is 12.9. The molecule has 2 rings (SSSR count). The van der Waals surface area contributed by atoms with Crippen LogP contribution >= 0.6 is 0 Å². The summed E-state index contributed by atoms with van der Waals surface area (Å²) in [6.07, 6.45) is 3.77. The van der Waals surface area contributed by atoms with E-state index in [0.717, 1.165) is 24.8 Å². The van der Waals surface area contributed by atoms with Gasteiger partial charge in [-0.15, -0.1) is 0 Å². The van der Waals surface area contributed by atoms with Crippen molar-refractivity contribution in [1.82, 2.24) is 10.2 Å². The monoisotopic (exact) mass is 346 g/mol. The van der Waals surface area contributed by atoms with Gasteiger partial charge in [0.25, 0.3) is 0 Å². The van der Waals surface area contributed by atoms with Crippen LogP contribution in [0.25, 0.3) is 0 Å². The van der Waals surface area contributed by atoms with Crippen LogP contribution in [0.15, 0.2) is 30.3 Å². The molecule has 5 heteroatoms. The summed E-state index contributed by atoms with van der Waals surface area (Å²) in [5, 5.41) is 12.6. The number of carboxylic acids is 1. The Balaban J connectivity index is 2.11. The smallest absolute Gasteiger partial charge is 0.329 e. The summed E-state index contributed by atoms with van der Waals surface area (Å²) in [7, 11) is 0. The van der Waals surface area contributed by atoms with E-state index in [9.17, 15) is 14.7 Å². The molecule has 2 N–H and O–H groups in total. The van der Waals surface area contributed by atoms with Crippen LogP contribution in [0.2, 0.25) is 0 Å². The van der Waals surface area contributed by atoms with Gasteiger partial charge in [0.1, 0.15) is 5.54 Å². The zero-order valence-electron chi connectivity index (χ0n) is 15.5. The summed E-state index contributed by atoms with van der Waals surface area (Å²) >= 11 is 0. The molecule has 138 valence electrons. The second-order valence-electron chi connectivity index (χ2n) is 7.38. The molecule has 2 amide bonds. The third-order valence-corrected chi connectivity index (χ3v) is 5.37. The first kappa shape index (κ1) is 19.3. The van der Waals surface area contributed by atoms with E-state index in [2.05, 4.69) is 12.2 Å². The van der Waals surface area contributed by atoms with Crippen molar-refractivity contribution in [3.05, 3.63) is 35.9 Å². The second-order valence-corrected chi connectivity index (χ2v) is 7.38. The maximum absolute atomic E-state index is 12.9. The normalized spacial score (nSPS) is 23.3. The Hall–Kier alpha value is -2.04. The number of amides is 2. The van der Waals surface area contributed by atoms with Gasteiger partial charge in [-0.05, 0) is 51.0 Å². The van der Waals surface area contributed by atoms with E-state index in [-0.39, 0.29) is 12.1 Å². The van der Waals surface area contributed by atoms with Gasteiger partial charge in [-0.25, -0.2) is 9.59 Å². The zero-order valence-corrected chi connectivity index (χ0v) is 15.5. The van der Waals surface area contributed by atoms with Crippen molar-refractivity contribution in [2.75, 3.05) is 0 Å². The quantitative estimate of drug-likeness (QED) is 0.817. The number of carbonyl (C=O) groups excluding carboxylic acids is 1. The number of nitrogens with one attached hydrogen (secondary N) is 1. The van der Waals surface area contributed by atoms with Crippen molar-refractivity contribution in [1.29, 1.82) is 0 Å². The van der Waals surface area contributed by atoms with Crippen LogP contribution in [0.4, 0.5) is 4.79 Å². The second kappa shape index (κ2) is 8.37. The first-order valence-electron chi connectivity index (χ1n) is 9.24. The third kappa shape index (κ3) is 4.74. The van der Waals surface area contributed by atoms with Gasteiger partial charge >= 0.3 is 12.0 Å². The molecule has 0 saturated heterocycles. The molecule has 25 heavy (non-hydrogen) atoms. The first-order valence-corrected chi connectivity index (χ1v) is 9.24. The number of nitrogens with zero attached hydrogens (tertiary/aromatic N) is 1. The number of rotatable bonds is 6. The number of urea groups is 1. The van der Waals surface area contributed by atoms with Crippen LogP contribution in [0, 0.1) is 5.92 Å². The lowest BCUT2D eigenvalue weighted by Crippen LogP contribution is -2.60. The third-order valence-electron chi connectivity index (χ3n) is 5.37. The fourth-order valence-electron chi connectivity index (χ4n) is 3.52. The molecule has 0 unspecified atom stereocenters. The minimum absolute atomic E-state index is 0.0157. The highest BCUT2D eigenvalue weighted by molar-refractivity contribution is 5.86. The van der Waals surface area contributed by atoms with Gasteiger partial charge in [0, 0.05) is 12.6 Å². The Morgan fingerprint density at radius 2 is 1.84 bits per heavy atom. The molecule has 0 aromatic heterocycles. The molecule has 5 nitrogen and oxygen atoms in total. The predicted molar refractivity (Wildman–Crippen MR) is 98.3 cm³/mol. The molecule has 0 radical (unpaired) electrons. The van der Waals surface area contributed by atoms with Crippen molar-refractivity contribution in [2.24, 2.45) is 5.92 Å². The van der Waals surface area contributed by atoms with Gasteiger partial charge < -0.3 is 15.3 Å². The molecule has 0 aliphatic heterocycles. The minimum atomic E-state index is -1.13. The minimum Gasteiger partial charge on any atom is -0.480 e. The van der Waals surface area contributed by atoms with Crippen LogP contribution in [0.3, 0.4) is 0 Å². The molecular weight excluding hydrogens is 316 g/mol. The predicted octanol–water partition coefficient (Wildman–Crippen LogP) is 4.03. The van der Waals surface area contributed by atoms with Gasteiger partial charge in [0.15, 0.2) is 0 Å². The Bertz CT molecular complexity index is 578. The summed E-state index contributed by atoms with van der Waals surface area (Å²) in [5.41, 5.74) is -0.0996. The number of hydrogen-bond acceptors (Lipinski definition) is 2. The van der Waals surface area contributed by atoms with Gasteiger partial charge in [-0.1, -0.05) is 43.7 Å². The molecule has 0 atom stereocenters. The van der Waals surface area contributed by atoms with Crippen LogP contribution in [-0.2, 0) is 11.3 Å². The van der Waals surface area contributed by atoms with Crippen molar-refractivity contribution in [3.63, 3.8) is 0 Å². The summed E-state index contributed by atoms with van der Waals surface area (Å²) in [4.78, 5) is 26.5. The van der Waals surface area contributed by atoms with Crippen molar-refractivity contribution < 1.29 is 14.7 Å². The average Bonchev–Trinajstić information content (AvgIpc) is 2.60.